The minimum absolute atomic E-state index is 0.191. The van der Waals surface area contributed by atoms with Crippen LogP contribution in [0, 0.1) is 11.8 Å². The van der Waals surface area contributed by atoms with Gasteiger partial charge in [0.05, 0.1) is 5.92 Å². The maximum atomic E-state index is 11.5. The van der Waals surface area contributed by atoms with Crippen LogP contribution in [0.1, 0.15) is 39.0 Å². The molecular weight excluding hydrogens is 336 g/mol. The van der Waals surface area contributed by atoms with E-state index >= 15 is 0 Å². The topological polar surface area (TPSA) is 37.3 Å². The number of aliphatic carboxylic acids is 1. The molecule has 0 aromatic heterocycles. The van der Waals surface area contributed by atoms with Gasteiger partial charge in [0.1, 0.15) is 0 Å². The number of benzene rings is 1. The maximum absolute atomic E-state index is 11.5. The summed E-state index contributed by atoms with van der Waals surface area (Å²) in [6.07, 6.45) is 5.32. The van der Waals surface area contributed by atoms with Crippen molar-refractivity contribution in [1.29, 1.82) is 0 Å². The summed E-state index contributed by atoms with van der Waals surface area (Å²) in [6, 6.07) is 8.08. The van der Waals surface area contributed by atoms with E-state index in [0.29, 0.717) is 5.92 Å². The van der Waals surface area contributed by atoms with Crippen LogP contribution in [0.5, 0.6) is 0 Å². The third-order valence-corrected chi connectivity index (χ3v) is 6.42. The zero-order chi connectivity index (χ0) is 14.5. The van der Waals surface area contributed by atoms with Crippen LogP contribution >= 0.6 is 27.7 Å². The Bertz CT molecular complexity index is 464. The maximum Gasteiger partial charge on any atom is 0.307 e. The van der Waals surface area contributed by atoms with Gasteiger partial charge in [-0.3, -0.25) is 4.79 Å². The van der Waals surface area contributed by atoms with Crippen LogP contribution in [0.2, 0.25) is 0 Å². The molecular formula is C16H21BrO2S. The van der Waals surface area contributed by atoms with Crippen molar-refractivity contribution in [2.45, 2.75) is 49.2 Å². The molecule has 4 heteroatoms. The van der Waals surface area contributed by atoms with E-state index in [1.165, 1.54) is 12.8 Å². The molecule has 1 N–H and O–H groups in total. The lowest BCUT2D eigenvalue weighted by Gasteiger charge is -2.33. The van der Waals surface area contributed by atoms with Gasteiger partial charge >= 0.3 is 5.97 Å². The lowest BCUT2D eigenvalue weighted by Crippen LogP contribution is -2.32. The highest BCUT2D eigenvalue weighted by Crippen LogP contribution is 2.43. The Balaban J connectivity index is 2.11. The van der Waals surface area contributed by atoms with Gasteiger partial charge in [-0.2, -0.15) is 0 Å². The predicted octanol–water partition coefficient (Wildman–Crippen LogP) is 5.21. The summed E-state index contributed by atoms with van der Waals surface area (Å²) in [5.74, 6) is -0.152. The minimum Gasteiger partial charge on any atom is -0.481 e. The van der Waals surface area contributed by atoms with Crippen molar-refractivity contribution in [1.82, 2.24) is 0 Å². The molecule has 1 saturated carbocycles. The molecule has 0 aliphatic heterocycles. The summed E-state index contributed by atoms with van der Waals surface area (Å²) in [6.45, 7) is 2.21. The minimum atomic E-state index is -0.635. The van der Waals surface area contributed by atoms with E-state index < -0.39 is 5.97 Å². The number of thioether (sulfide) groups is 1. The fourth-order valence-electron chi connectivity index (χ4n) is 3.00. The third-order valence-electron chi connectivity index (χ3n) is 4.03. The number of carbonyl (C=O) groups is 1. The van der Waals surface area contributed by atoms with Gasteiger partial charge in [0.2, 0.25) is 0 Å². The van der Waals surface area contributed by atoms with Crippen molar-refractivity contribution in [3.8, 4) is 0 Å². The van der Waals surface area contributed by atoms with Crippen LogP contribution in [-0.2, 0) is 4.79 Å². The van der Waals surface area contributed by atoms with Gasteiger partial charge in [0.15, 0.2) is 0 Å². The highest BCUT2D eigenvalue weighted by Gasteiger charge is 2.35. The summed E-state index contributed by atoms with van der Waals surface area (Å²) in [5, 5.41) is 9.64. The van der Waals surface area contributed by atoms with Gasteiger partial charge in [0, 0.05) is 14.6 Å². The quantitative estimate of drug-likeness (QED) is 0.786. The van der Waals surface area contributed by atoms with E-state index in [9.17, 15) is 9.90 Å². The molecule has 110 valence electrons. The lowest BCUT2D eigenvalue weighted by atomic mass is 9.80. The van der Waals surface area contributed by atoms with Crippen LogP contribution in [0.4, 0.5) is 0 Å². The first-order valence-electron chi connectivity index (χ1n) is 7.25. The van der Waals surface area contributed by atoms with E-state index in [0.717, 1.165) is 28.6 Å². The van der Waals surface area contributed by atoms with Crippen molar-refractivity contribution >= 4 is 33.7 Å². The first-order valence-corrected chi connectivity index (χ1v) is 8.93. The molecule has 2 nitrogen and oxygen atoms in total. The van der Waals surface area contributed by atoms with Crippen LogP contribution in [-0.4, -0.2) is 16.3 Å². The molecule has 1 aromatic carbocycles. The first kappa shape index (κ1) is 15.9. The predicted molar refractivity (Wildman–Crippen MR) is 87.2 cm³/mol. The van der Waals surface area contributed by atoms with Gasteiger partial charge in [-0.25, -0.2) is 0 Å². The van der Waals surface area contributed by atoms with Crippen molar-refractivity contribution in [2.24, 2.45) is 11.8 Å². The highest BCUT2D eigenvalue weighted by atomic mass is 79.9. The Morgan fingerprint density at radius 1 is 1.40 bits per heavy atom. The molecule has 1 fully saturated rings. The standard InChI is InChI=1S/C16H21BrO2S/c1-2-5-11-8-9-12(16(18)19)15(10-11)20-14-7-4-3-6-13(14)17/h3-4,6-7,11-12,15H,2,5,8-10H2,1H3,(H,18,19). The van der Waals surface area contributed by atoms with Crippen molar-refractivity contribution < 1.29 is 9.90 Å². The molecule has 3 atom stereocenters. The number of hydrogen-bond acceptors (Lipinski definition) is 2. The van der Waals surface area contributed by atoms with Crippen LogP contribution in [0.3, 0.4) is 0 Å². The smallest absolute Gasteiger partial charge is 0.307 e. The fourth-order valence-corrected chi connectivity index (χ4v) is 5.01. The molecule has 1 aliphatic rings. The Morgan fingerprint density at radius 3 is 2.80 bits per heavy atom. The zero-order valence-corrected chi connectivity index (χ0v) is 14.1. The van der Waals surface area contributed by atoms with E-state index in [-0.39, 0.29) is 11.2 Å². The summed E-state index contributed by atoms with van der Waals surface area (Å²) >= 11 is 5.29. The normalized spacial score (nSPS) is 26.4. The molecule has 2 rings (SSSR count). The average Bonchev–Trinajstić information content (AvgIpc) is 2.42. The van der Waals surface area contributed by atoms with E-state index in [4.69, 9.17) is 0 Å². The van der Waals surface area contributed by atoms with Gasteiger partial charge in [-0.15, -0.1) is 11.8 Å². The Hall–Kier alpha value is -0.480. The van der Waals surface area contributed by atoms with Crippen LogP contribution in [0.15, 0.2) is 33.6 Å². The Kier molecular flexibility index (Phi) is 5.97. The third kappa shape index (κ3) is 4.01. The summed E-state index contributed by atoms with van der Waals surface area (Å²) < 4.78 is 1.06. The number of rotatable bonds is 5. The van der Waals surface area contributed by atoms with Gasteiger partial charge in [-0.05, 0) is 53.2 Å². The Morgan fingerprint density at radius 2 is 2.15 bits per heavy atom. The number of hydrogen-bond donors (Lipinski definition) is 1. The largest absolute Gasteiger partial charge is 0.481 e. The first-order chi connectivity index (χ1) is 9.61. The number of carboxylic acid groups (broad SMARTS) is 1. The van der Waals surface area contributed by atoms with Crippen molar-refractivity contribution in [3.05, 3.63) is 28.7 Å². The zero-order valence-electron chi connectivity index (χ0n) is 11.7. The van der Waals surface area contributed by atoms with Gasteiger partial charge in [-0.1, -0.05) is 31.9 Å². The van der Waals surface area contributed by atoms with Crippen LogP contribution in [0.25, 0.3) is 0 Å². The molecule has 1 aliphatic carbocycles. The van der Waals surface area contributed by atoms with Crippen LogP contribution < -0.4 is 0 Å². The molecule has 0 spiro atoms. The summed E-state index contributed by atoms with van der Waals surface area (Å²) in [5.41, 5.74) is 0. The highest BCUT2D eigenvalue weighted by molar-refractivity contribution is 9.10. The molecule has 3 unspecified atom stereocenters. The second kappa shape index (κ2) is 7.51. The monoisotopic (exact) mass is 356 g/mol. The fraction of sp³-hybridized carbons (Fsp3) is 0.562. The van der Waals surface area contributed by atoms with Gasteiger partial charge < -0.3 is 5.11 Å². The van der Waals surface area contributed by atoms with E-state index in [1.807, 2.05) is 18.2 Å². The second-order valence-corrected chi connectivity index (χ2v) is 7.63. The molecule has 0 bridgehead atoms. The molecule has 0 amide bonds. The van der Waals surface area contributed by atoms with Gasteiger partial charge in [0.25, 0.3) is 0 Å². The second-order valence-electron chi connectivity index (χ2n) is 5.50. The summed E-state index contributed by atoms with van der Waals surface area (Å²) in [7, 11) is 0. The number of carboxylic acids is 1. The van der Waals surface area contributed by atoms with E-state index in [1.54, 1.807) is 11.8 Å². The van der Waals surface area contributed by atoms with Crippen molar-refractivity contribution in [3.63, 3.8) is 0 Å². The molecule has 0 saturated heterocycles. The average molecular weight is 357 g/mol. The molecule has 0 radical (unpaired) electrons. The lowest BCUT2D eigenvalue weighted by molar-refractivity contribution is -0.142. The summed E-state index contributed by atoms with van der Waals surface area (Å²) in [4.78, 5) is 12.6. The van der Waals surface area contributed by atoms with E-state index in [2.05, 4.69) is 28.9 Å². The van der Waals surface area contributed by atoms with Crippen molar-refractivity contribution in [2.75, 3.05) is 0 Å². The number of halogens is 1. The Labute approximate surface area is 133 Å². The molecule has 0 heterocycles. The molecule has 20 heavy (non-hydrogen) atoms. The molecule has 1 aromatic rings. The SMILES string of the molecule is CCCC1CCC(C(=O)O)C(Sc2ccccc2Br)C1.